The van der Waals surface area contributed by atoms with Crippen molar-refractivity contribution in [2.45, 2.75) is 34.1 Å². The molecule has 0 saturated carbocycles. The Balaban J connectivity index is 2.58. The number of carbonyl (C=O) groups excluding carboxylic acids is 1. The molecule has 0 spiro atoms. The van der Waals surface area contributed by atoms with Gasteiger partial charge in [-0.15, -0.1) is 0 Å². The summed E-state index contributed by atoms with van der Waals surface area (Å²) in [5.74, 6) is -0.0349. The molecule has 3 heteroatoms. The molecule has 0 radical (unpaired) electrons. The second kappa shape index (κ2) is 5.98. The quantitative estimate of drug-likeness (QED) is 0.870. The molecule has 1 atom stereocenters. The van der Waals surface area contributed by atoms with Gasteiger partial charge in [0.25, 0.3) is 5.91 Å². The predicted molar refractivity (Wildman–Crippen MR) is 72.0 cm³/mol. The lowest BCUT2D eigenvalue weighted by atomic mass is 9.79. The lowest BCUT2D eigenvalue weighted by Crippen LogP contribution is -2.34. The van der Waals surface area contributed by atoms with Crippen molar-refractivity contribution in [3.63, 3.8) is 0 Å². The molecular formula is C15H22FNO. The predicted octanol–water partition coefficient (Wildman–Crippen LogP) is 3.63. The van der Waals surface area contributed by atoms with Crippen molar-refractivity contribution < 1.29 is 9.18 Å². The van der Waals surface area contributed by atoms with Gasteiger partial charge in [0.05, 0.1) is 0 Å². The maximum Gasteiger partial charge on any atom is 0.251 e. The van der Waals surface area contributed by atoms with Gasteiger partial charge in [0.1, 0.15) is 5.82 Å². The van der Waals surface area contributed by atoms with Crippen molar-refractivity contribution in [2.24, 2.45) is 11.3 Å². The fourth-order valence-corrected chi connectivity index (χ4v) is 1.98. The maximum atomic E-state index is 12.7. The van der Waals surface area contributed by atoms with Crippen LogP contribution in [-0.2, 0) is 0 Å². The Hall–Kier alpha value is -1.38. The van der Waals surface area contributed by atoms with Gasteiger partial charge in [-0.3, -0.25) is 4.79 Å². The van der Waals surface area contributed by atoms with Crippen LogP contribution in [0.15, 0.2) is 24.3 Å². The minimum absolute atomic E-state index is 0.141. The van der Waals surface area contributed by atoms with E-state index in [1.807, 2.05) is 0 Å². The largest absolute Gasteiger partial charge is 0.352 e. The van der Waals surface area contributed by atoms with Crippen molar-refractivity contribution >= 4 is 5.91 Å². The fraction of sp³-hybridized carbons (Fsp3) is 0.533. The van der Waals surface area contributed by atoms with E-state index >= 15 is 0 Å². The molecule has 0 aliphatic rings. The third-order valence-electron chi connectivity index (χ3n) is 3.33. The van der Waals surface area contributed by atoms with Crippen molar-refractivity contribution in [1.29, 1.82) is 0 Å². The Bertz CT molecular complexity index is 392. The van der Waals surface area contributed by atoms with Crippen LogP contribution in [0.25, 0.3) is 0 Å². The van der Waals surface area contributed by atoms with Crippen molar-refractivity contribution in [3.05, 3.63) is 35.6 Å². The number of halogens is 1. The lowest BCUT2D eigenvalue weighted by Gasteiger charge is -2.29. The summed E-state index contributed by atoms with van der Waals surface area (Å²) in [4.78, 5) is 11.9. The Kier molecular flexibility index (Phi) is 4.88. The molecule has 0 aliphatic carbocycles. The van der Waals surface area contributed by atoms with E-state index < -0.39 is 0 Å². The number of carbonyl (C=O) groups is 1. The molecule has 0 saturated heterocycles. The average molecular weight is 251 g/mol. The first-order chi connectivity index (χ1) is 8.34. The SMILES string of the molecule is CCC(CNC(=O)c1ccc(F)cc1)C(C)(C)C. The summed E-state index contributed by atoms with van der Waals surface area (Å²) in [6, 6.07) is 5.61. The van der Waals surface area contributed by atoms with Crippen LogP contribution in [-0.4, -0.2) is 12.5 Å². The molecule has 1 aromatic carbocycles. The van der Waals surface area contributed by atoms with Gasteiger partial charge < -0.3 is 5.32 Å². The van der Waals surface area contributed by atoms with Crippen molar-refractivity contribution in [2.75, 3.05) is 6.54 Å². The number of amides is 1. The molecule has 1 aromatic rings. The summed E-state index contributed by atoms with van der Waals surface area (Å²) < 4.78 is 12.7. The highest BCUT2D eigenvalue weighted by Gasteiger charge is 2.23. The number of hydrogen-bond donors (Lipinski definition) is 1. The van der Waals surface area contributed by atoms with E-state index in [0.29, 0.717) is 18.0 Å². The van der Waals surface area contributed by atoms with Gasteiger partial charge in [-0.05, 0) is 35.6 Å². The maximum absolute atomic E-state index is 12.7. The number of hydrogen-bond acceptors (Lipinski definition) is 1. The first-order valence-electron chi connectivity index (χ1n) is 6.38. The third-order valence-corrected chi connectivity index (χ3v) is 3.33. The fourth-order valence-electron chi connectivity index (χ4n) is 1.98. The molecule has 18 heavy (non-hydrogen) atoms. The van der Waals surface area contributed by atoms with Crippen molar-refractivity contribution in [1.82, 2.24) is 5.32 Å². The molecule has 1 amide bonds. The van der Waals surface area contributed by atoms with Crippen LogP contribution in [0.4, 0.5) is 4.39 Å². The normalized spacial score (nSPS) is 13.2. The van der Waals surface area contributed by atoms with Crippen LogP contribution in [0.5, 0.6) is 0 Å². The van der Waals surface area contributed by atoms with Gasteiger partial charge >= 0.3 is 0 Å². The van der Waals surface area contributed by atoms with Gasteiger partial charge in [0.15, 0.2) is 0 Å². The number of nitrogens with one attached hydrogen (secondary N) is 1. The minimum Gasteiger partial charge on any atom is -0.352 e. The summed E-state index contributed by atoms with van der Waals surface area (Å²) >= 11 is 0. The summed E-state index contributed by atoms with van der Waals surface area (Å²) in [7, 11) is 0. The van der Waals surface area contributed by atoms with Gasteiger partial charge in [0, 0.05) is 12.1 Å². The first-order valence-corrected chi connectivity index (χ1v) is 6.38. The molecule has 100 valence electrons. The van der Waals surface area contributed by atoms with E-state index in [0.717, 1.165) is 6.42 Å². The summed E-state index contributed by atoms with van der Waals surface area (Å²) in [5, 5.41) is 2.91. The highest BCUT2D eigenvalue weighted by atomic mass is 19.1. The molecule has 0 bridgehead atoms. The zero-order valence-corrected chi connectivity index (χ0v) is 11.6. The minimum atomic E-state index is -0.326. The molecular weight excluding hydrogens is 229 g/mol. The second-order valence-corrected chi connectivity index (χ2v) is 5.69. The van der Waals surface area contributed by atoms with Crippen molar-refractivity contribution in [3.8, 4) is 0 Å². The third kappa shape index (κ3) is 4.13. The molecule has 1 N–H and O–H groups in total. The second-order valence-electron chi connectivity index (χ2n) is 5.69. The molecule has 1 unspecified atom stereocenters. The summed E-state index contributed by atoms with van der Waals surface area (Å²) in [6.07, 6.45) is 1.02. The van der Waals surface area contributed by atoms with Crippen LogP contribution >= 0.6 is 0 Å². The molecule has 2 nitrogen and oxygen atoms in total. The van der Waals surface area contributed by atoms with Crippen LogP contribution < -0.4 is 5.32 Å². The molecule has 0 aliphatic heterocycles. The molecule has 0 aromatic heterocycles. The monoisotopic (exact) mass is 251 g/mol. The van der Waals surface area contributed by atoms with E-state index in [1.54, 1.807) is 0 Å². The highest BCUT2D eigenvalue weighted by Crippen LogP contribution is 2.27. The molecule has 0 fully saturated rings. The van der Waals surface area contributed by atoms with E-state index in [1.165, 1.54) is 24.3 Å². The standard InChI is InChI=1S/C15H22FNO/c1-5-12(15(2,3)4)10-17-14(18)11-6-8-13(16)9-7-11/h6-9,12H,5,10H2,1-4H3,(H,17,18). The Morgan fingerprint density at radius 2 is 1.83 bits per heavy atom. The van der Waals surface area contributed by atoms with E-state index in [4.69, 9.17) is 0 Å². The first kappa shape index (κ1) is 14.7. The van der Waals surface area contributed by atoms with E-state index in [9.17, 15) is 9.18 Å². The lowest BCUT2D eigenvalue weighted by molar-refractivity contribution is 0.0932. The topological polar surface area (TPSA) is 29.1 Å². The molecule has 1 rings (SSSR count). The Labute approximate surface area is 109 Å². The van der Waals surface area contributed by atoms with Gasteiger partial charge in [-0.1, -0.05) is 34.1 Å². The Morgan fingerprint density at radius 1 is 1.28 bits per heavy atom. The van der Waals surface area contributed by atoms with E-state index in [-0.39, 0.29) is 17.1 Å². The number of benzene rings is 1. The van der Waals surface area contributed by atoms with Gasteiger partial charge in [-0.2, -0.15) is 0 Å². The average Bonchev–Trinajstić information content (AvgIpc) is 2.28. The molecule has 0 heterocycles. The zero-order chi connectivity index (χ0) is 13.8. The van der Waals surface area contributed by atoms with Crippen LogP contribution in [0.2, 0.25) is 0 Å². The highest BCUT2D eigenvalue weighted by molar-refractivity contribution is 5.94. The van der Waals surface area contributed by atoms with Crippen LogP contribution in [0.3, 0.4) is 0 Å². The number of rotatable bonds is 4. The van der Waals surface area contributed by atoms with Gasteiger partial charge in [0.2, 0.25) is 0 Å². The Morgan fingerprint density at radius 3 is 2.28 bits per heavy atom. The van der Waals surface area contributed by atoms with E-state index in [2.05, 4.69) is 33.0 Å². The summed E-state index contributed by atoms with van der Waals surface area (Å²) in [5.41, 5.74) is 0.672. The van der Waals surface area contributed by atoms with Gasteiger partial charge in [-0.25, -0.2) is 4.39 Å². The zero-order valence-electron chi connectivity index (χ0n) is 11.6. The van der Waals surface area contributed by atoms with Crippen LogP contribution in [0.1, 0.15) is 44.5 Å². The smallest absolute Gasteiger partial charge is 0.251 e. The van der Waals surface area contributed by atoms with Crippen LogP contribution in [0, 0.1) is 17.2 Å². The summed E-state index contributed by atoms with van der Waals surface area (Å²) in [6.45, 7) is 9.29.